The van der Waals surface area contributed by atoms with E-state index >= 15 is 0 Å². The Hall–Kier alpha value is -7.48. The monoisotopic (exact) mass is 800 g/mol. The molecule has 5 rings (SSSR count). The summed E-state index contributed by atoms with van der Waals surface area (Å²) in [7, 11) is 0. The summed E-state index contributed by atoms with van der Waals surface area (Å²) in [6, 6.07) is 26.2. The number of hydrogen-bond donors (Lipinski definition) is 2. The molecular weight excluding hydrogens is 760 g/mol. The van der Waals surface area contributed by atoms with Crippen LogP contribution in [0.3, 0.4) is 0 Å². The molecule has 5 aromatic rings. The molecule has 58 heavy (non-hydrogen) atoms. The summed E-state index contributed by atoms with van der Waals surface area (Å²) in [6.07, 6.45) is -1.50. The molecule has 0 aliphatic carbocycles. The Morgan fingerprint density at radius 3 is 2.34 bits per heavy atom. The van der Waals surface area contributed by atoms with Crippen molar-refractivity contribution in [2.45, 2.75) is 46.1 Å². The van der Waals surface area contributed by atoms with Crippen LogP contribution >= 0.6 is 0 Å². The first kappa shape index (κ1) is 41.7. The minimum Gasteiger partial charge on any atom is -0.465 e. The minimum absolute atomic E-state index is 0.0278. The van der Waals surface area contributed by atoms with E-state index in [0.29, 0.717) is 54.2 Å². The van der Waals surface area contributed by atoms with Gasteiger partial charge in [-0.25, -0.2) is 15.4 Å². The van der Waals surface area contributed by atoms with Crippen molar-refractivity contribution >= 4 is 29.0 Å². The van der Waals surface area contributed by atoms with Crippen molar-refractivity contribution in [1.29, 1.82) is 0 Å². The summed E-state index contributed by atoms with van der Waals surface area (Å²) < 4.78 is 23.6. The van der Waals surface area contributed by atoms with Crippen LogP contribution in [0.4, 0.5) is 4.79 Å². The Labute approximate surface area is 330 Å². The molecule has 20 nitrogen and oxygen atoms in total. The van der Waals surface area contributed by atoms with Crippen LogP contribution in [0.1, 0.15) is 53.7 Å². The first-order chi connectivity index (χ1) is 27.9. The van der Waals surface area contributed by atoms with Crippen LogP contribution in [0, 0.1) is 20.2 Å². The maximum atomic E-state index is 13.2. The highest BCUT2D eigenvalue weighted by molar-refractivity contribution is 6.03. The molecule has 1 aromatic heterocycles. The van der Waals surface area contributed by atoms with E-state index in [9.17, 15) is 29.8 Å². The minimum atomic E-state index is -1.12. The number of esters is 1. The summed E-state index contributed by atoms with van der Waals surface area (Å²) in [5, 5.41) is 24.1. The molecule has 0 fully saturated rings. The molecule has 0 spiro atoms. The number of nitrogens with two attached hydrogens (primary N) is 2. The predicted octanol–water partition coefficient (Wildman–Crippen LogP) is 5.36. The van der Waals surface area contributed by atoms with Gasteiger partial charge in [-0.3, -0.25) is 4.57 Å². The normalized spacial score (nSPS) is 11.7. The number of fused-ring (bicyclic) bond motifs is 1. The molecule has 0 aliphatic rings. The molecule has 1 unspecified atom stereocenters. The van der Waals surface area contributed by atoms with Gasteiger partial charge in [-0.2, -0.15) is 10.1 Å². The van der Waals surface area contributed by atoms with Gasteiger partial charge in [0.1, 0.15) is 12.4 Å². The molecule has 1 atom stereocenters. The molecule has 0 bridgehead atoms. The Bertz CT molecular complexity index is 2260. The lowest BCUT2D eigenvalue weighted by Crippen LogP contribution is -2.40. The third kappa shape index (κ3) is 11.3. The van der Waals surface area contributed by atoms with Crippen molar-refractivity contribution < 1.29 is 48.4 Å². The number of aromatic nitrogens is 2. The maximum absolute atomic E-state index is 13.2. The lowest BCUT2D eigenvalue weighted by Gasteiger charge is -2.21. The fourth-order valence-electron chi connectivity index (χ4n) is 5.63. The number of imidazole rings is 1. The van der Waals surface area contributed by atoms with Crippen molar-refractivity contribution in [3.8, 4) is 22.9 Å². The first-order valence-electron chi connectivity index (χ1n) is 17.8. The van der Waals surface area contributed by atoms with Gasteiger partial charge >= 0.3 is 12.1 Å². The highest BCUT2D eigenvalue weighted by atomic mass is 17.0. The van der Waals surface area contributed by atoms with Crippen LogP contribution in [-0.2, 0) is 32.3 Å². The van der Waals surface area contributed by atoms with Crippen LogP contribution < -0.4 is 21.1 Å². The van der Waals surface area contributed by atoms with Crippen LogP contribution in [0.5, 0.6) is 11.8 Å². The van der Waals surface area contributed by atoms with Gasteiger partial charge in [-0.15, -0.1) is 25.3 Å². The third-order valence-corrected chi connectivity index (χ3v) is 8.30. The number of ether oxygens (including phenoxy) is 4. The van der Waals surface area contributed by atoms with Gasteiger partial charge in [-0.1, -0.05) is 66.7 Å². The highest BCUT2D eigenvalue weighted by Gasteiger charge is 2.21. The third-order valence-electron chi connectivity index (χ3n) is 8.30. The summed E-state index contributed by atoms with van der Waals surface area (Å²) in [6.45, 7) is 3.55. The summed E-state index contributed by atoms with van der Waals surface area (Å²) in [4.78, 5) is 59.8. The molecule has 1 heterocycles. The van der Waals surface area contributed by atoms with Gasteiger partial charge in [0.25, 0.3) is 16.2 Å². The maximum Gasteiger partial charge on any atom is 0.515 e. The van der Waals surface area contributed by atoms with Crippen molar-refractivity contribution in [2.24, 2.45) is 16.7 Å². The van der Waals surface area contributed by atoms with Crippen molar-refractivity contribution in [3.05, 3.63) is 133 Å². The van der Waals surface area contributed by atoms with Crippen molar-refractivity contribution in [2.75, 3.05) is 19.8 Å². The number of amidine groups is 1. The van der Waals surface area contributed by atoms with Crippen molar-refractivity contribution in [1.82, 2.24) is 14.7 Å². The van der Waals surface area contributed by atoms with Gasteiger partial charge < -0.3 is 34.4 Å². The second-order valence-electron chi connectivity index (χ2n) is 12.3. The second kappa shape index (κ2) is 19.9. The number of rotatable bonds is 20. The van der Waals surface area contributed by atoms with E-state index in [-0.39, 0.29) is 37.0 Å². The standard InChI is InChI=1S/C38H40N8O12/c1-3-53-37-41-33-15-9-14-32(36(47)54-20-6-7-21-55-45(49)50)34(33)43(37)23-26-16-18-28(19-17-26)30-12-4-5-13-31(30)35(39)42-44(40)25(2)57-38(48)58-29-11-8-10-27(22-29)24-56-46(51)52/h4-5,8-19,22,25H,3,6-7,20-21,23-24,40H2,1-2H3,(H2,39,42). The Kier molecular flexibility index (Phi) is 14.3. The van der Waals surface area contributed by atoms with Gasteiger partial charge in [0, 0.05) is 5.56 Å². The summed E-state index contributed by atoms with van der Waals surface area (Å²) in [5.74, 6) is 5.62. The zero-order chi connectivity index (χ0) is 41.6. The van der Waals surface area contributed by atoms with Gasteiger partial charge in [-0.05, 0) is 73.2 Å². The van der Waals surface area contributed by atoms with Crippen molar-refractivity contribution in [3.63, 3.8) is 0 Å². The van der Waals surface area contributed by atoms with E-state index in [4.69, 9.17) is 30.5 Å². The second-order valence-corrected chi connectivity index (χ2v) is 12.3. The smallest absolute Gasteiger partial charge is 0.465 e. The van der Waals surface area contributed by atoms with E-state index in [1.54, 1.807) is 41.0 Å². The fraction of sp³-hybridized carbons (Fsp3) is 0.263. The Balaban J connectivity index is 1.27. The number of hydrazine groups is 1. The summed E-state index contributed by atoms with van der Waals surface area (Å²) >= 11 is 0. The van der Waals surface area contributed by atoms with Gasteiger partial charge in [0.05, 0.1) is 43.0 Å². The zero-order valence-electron chi connectivity index (χ0n) is 31.4. The first-order valence-corrected chi connectivity index (χ1v) is 17.8. The Morgan fingerprint density at radius 2 is 1.60 bits per heavy atom. The van der Waals surface area contributed by atoms with Crippen LogP contribution in [-0.4, -0.2) is 68.9 Å². The number of carbonyl (C=O) groups is 2. The quantitative estimate of drug-likeness (QED) is 0.0115. The van der Waals surface area contributed by atoms with Crippen LogP contribution in [0.2, 0.25) is 0 Å². The number of hydrazone groups is 1. The van der Waals surface area contributed by atoms with E-state index in [1.807, 2.05) is 43.3 Å². The number of nitrogens with zero attached hydrogens (tertiary/aromatic N) is 6. The molecule has 304 valence electrons. The average molecular weight is 801 g/mol. The topological polar surface area (TPSA) is 261 Å². The largest absolute Gasteiger partial charge is 0.515 e. The SMILES string of the molecule is CCOc1nc2cccc(C(=O)OCCCCO[N+](=O)[O-])c2n1Cc1ccc(-c2ccccc2/C(N)=N/N(N)C(C)OC(=O)Oc2cccc(CO[N+](=O)[O-])c2)cc1. The summed E-state index contributed by atoms with van der Waals surface area (Å²) in [5.41, 5.74) is 11.1. The number of para-hydroxylation sites is 1. The van der Waals surface area contributed by atoms with Crippen LogP contribution in [0.25, 0.3) is 22.2 Å². The fourth-order valence-corrected chi connectivity index (χ4v) is 5.63. The molecule has 4 aromatic carbocycles. The van der Waals surface area contributed by atoms with Gasteiger partial charge in [0.2, 0.25) is 6.23 Å². The number of unbranched alkanes of at least 4 members (excludes halogenated alkanes) is 1. The average Bonchev–Trinajstić information content (AvgIpc) is 3.55. The highest BCUT2D eigenvalue weighted by Crippen LogP contribution is 2.29. The lowest BCUT2D eigenvalue weighted by atomic mass is 9.98. The molecule has 20 heteroatoms. The van der Waals surface area contributed by atoms with E-state index in [2.05, 4.69) is 19.8 Å². The number of benzene rings is 4. The van der Waals surface area contributed by atoms with E-state index in [1.165, 1.54) is 25.1 Å². The van der Waals surface area contributed by atoms with E-state index in [0.717, 1.165) is 21.8 Å². The molecule has 0 amide bonds. The molecule has 4 N–H and O–H groups in total. The lowest BCUT2D eigenvalue weighted by molar-refractivity contribution is -0.763. The molecule has 0 radical (unpaired) electrons. The number of hydrogen-bond acceptors (Lipinski definition) is 16. The molecular formula is C38H40N8O12. The molecule has 0 aliphatic heterocycles. The molecule has 0 saturated carbocycles. The molecule has 0 saturated heterocycles. The number of carbonyl (C=O) groups excluding carboxylic acids is 2. The van der Waals surface area contributed by atoms with Crippen LogP contribution in [0.15, 0.2) is 96.1 Å². The Morgan fingerprint density at radius 1 is 0.897 bits per heavy atom. The van der Waals surface area contributed by atoms with E-state index < -0.39 is 28.5 Å². The van der Waals surface area contributed by atoms with Gasteiger partial charge in [0.15, 0.2) is 5.84 Å². The predicted molar refractivity (Wildman–Crippen MR) is 206 cm³/mol. The zero-order valence-corrected chi connectivity index (χ0v) is 31.4.